The normalized spacial score (nSPS) is 16.1. The van der Waals surface area contributed by atoms with Crippen LogP contribution in [0.1, 0.15) is 29.9 Å². The molecule has 0 spiro atoms. The van der Waals surface area contributed by atoms with Gasteiger partial charge in [-0.25, -0.2) is 0 Å². The van der Waals surface area contributed by atoms with Crippen LogP contribution in [-0.4, -0.2) is 76.0 Å². The number of benzene rings is 1. The molecule has 1 aromatic carbocycles. The zero-order valence-electron chi connectivity index (χ0n) is 16.8. The lowest BCUT2D eigenvalue weighted by molar-refractivity contribution is 0.0938. The van der Waals surface area contributed by atoms with E-state index in [1.165, 1.54) is 5.56 Å². The quantitative estimate of drug-likeness (QED) is 0.753. The molecule has 0 unspecified atom stereocenters. The molecule has 7 nitrogen and oxygen atoms in total. The summed E-state index contributed by atoms with van der Waals surface area (Å²) in [6, 6.07) is 10.5. The molecule has 1 N–H and O–H groups in total. The van der Waals surface area contributed by atoms with Crippen molar-refractivity contribution in [3.05, 3.63) is 53.9 Å². The van der Waals surface area contributed by atoms with Gasteiger partial charge in [-0.2, -0.15) is 0 Å². The molecule has 0 bridgehead atoms. The maximum atomic E-state index is 11.9. The maximum Gasteiger partial charge on any atom is 0.273 e. The summed E-state index contributed by atoms with van der Waals surface area (Å²) in [5.74, 6) is -0.168. The highest BCUT2D eigenvalue weighted by atomic mass is 16.2. The van der Waals surface area contributed by atoms with Crippen molar-refractivity contribution >= 4 is 12.0 Å². The minimum Gasteiger partial charge on any atom is -0.348 e. The highest BCUT2D eigenvalue weighted by Crippen LogP contribution is 2.05. The van der Waals surface area contributed by atoms with Gasteiger partial charge in [0.25, 0.3) is 5.91 Å². The molecule has 1 aromatic heterocycles. The largest absolute Gasteiger partial charge is 0.348 e. The predicted octanol–water partition coefficient (Wildman–Crippen LogP) is 1.75. The first-order valence-corrected chi connectivity index (χ1v) is 9.97. The van der Waals surface area contributed by atoms with Crippen LogP contribution in [0.4, 0.5) is 0 Å². The molecule has 0 saturated carbocycles. The van der Waals surface area contributed by atoms with Crippen molar-refractivity contribution in [2.24, 2.45) is 0 Å². The summed E-state index contributed by atoms with van der Waals surface area (Å²) < 4.78 is 1.75. The Morgan fingerprint density at radius 1 is 1.11 bits per heavy atom. The zero-order valence-corrected chi connectivity index (χ0v) is 16.8. The third kappa shape index (κ3) is 6.28. The standard InChI is InChI=1S/C21H30N6O/c1-18(2)22-21(28)20-17-27(24-23-20)16-15-26-13-11-25(12-14-26)10-6-9-19-7-4-3-5-8-19/h3-9,17-18H,10-16H2,1-2H3,(H,22,28)/b9-6+. The molecule has 1 aliphatic heterocycles. The van der Waals surface area contributed by atoms with Crippen molar-refractivity contribution in [1.29, 1.82) is 0 Å². The van der Waals surface area contributed by atoms with Crippen molar-refractivity contribution in [3.8, 4) is 0 Å². The number of nitrogens with one attached hydrogen (secondary N) is 1. The van der Waals surface area contributed by atoms with Crippen LogP contribution in [0.5, 0.6) is 0 Å². The number of aromatic nitrogens is 3. The minimum atomic E-state index is -0.168. The number of amides is 1. The molecule has 28 heavy (non-hydrogen) atoms. The van der Waals surface area contributed by atoms with Gasteiger partial charge in [-0.05, 0) is 19.4 Å². The average Bonchev–Trinajstić information content (AvgIpc) is 3.17. The van der Waals surface area contributed by atoms with Gasteiger partial charge in [-0.3, -0.25) is 19.3 Å². The molecule has 2 aromatic rings. The van der Waals surface area contributed by atoms with Crippen molar-refractivity contribution in [2.75, 3.05) is 39.3 Å². The molecule has 150 valence electrons. The Morgan fingerprint density at radius 2 is 1.82 bits per heavy atom. The molecule has 7 heteroatoms. The third-order valence-electron chi connectivity index (χ3n) is 4.77. The number of carbonyl (C=O) groups is 1. The summed E-state index contributed by atoms with van der Waals surface area (Å²) in [7, 11) is 0. The lowest BCUT2D eigenvalue weighted by Crippen LogP contribution is -2.47. The van der Waals surface area contributed by atoms with Crippen LogP contribution in [0, 0.1) is 0 Å². The topological polar surface area (TPSA) is 66.3 Å². The maximum absolute atomic E-state index is 11.9. The Balaban J connectivity index is 1.36. The summed E-state index contributed by atoms with van der Waals surface area (Å²) in [5.41, 5.74) is 1.62. The number of nitrogens with zero attached hydrogens (tertiary/aromatic N) is 5. The lowest BCUT2D eigenvalue weighted by Gasteiger charge is -2.34. The molecule has 0 aliphatic carbocycles. The highest BCUT2D eigenvalue weighted by Gasteiger charge is 2.16. The first-order chi connectivity index (χ1) is 13.6. The van der Waals surface area contributed by atoms with Crippen LogP contribution < -0.4 is 5.32 Å². The van der Waals surface area contributed by atoms with E-state index in [0.717, 1.165) is 45.8 Å². The second kappa shape index (κ2) is 10.1. The van der Waals surface area contributed by atoms with Crippen molar-refractivity contribution in [1.82, 2.24) is 30.1 Å². The molecule has 1 fully saturated rings. The van der Waals surface area contributed by atoms with Crippen molar-refractivity contribution in [2.45, 2.75) is 26.4 Å². The number of hydrogen-bond donors (Lipinski definition) is 1. The van der Waals surface area contributed by atoms with Crippen molar-refractivity contribution in [3.63, 3.8) is 0 Å². The fourth-order valence-electron chi connectivity index (χ4n) is 3.19. The van der Waals surface area contributed by atoms with E-state index in [1.807, 2.05) is 19.9 Å². The van der Waals surface area contributed by atoms with Gasteiger partial charge in [0, 0.05) is 45.3 Å². The van der Waals surface area contributed by atoms with E-state index in [1.54, 1.807) is 10.9 Å². The third-order valence-corrected chi connectivity index (χ3v) is 4.77. The van der Waals surface area contributed by atoms with E-state index in [-0.39, 0.29) is 11.9 Å². The van der Waals surface area contributed by atoms with Gasteiger partial charge >= 0.3 is 0 Å². The van der Waals surface area contributed by atoms with Gasteiger partial charge in [-0.15, -0.1) is 5.10 Å². The minimum absolute atomic E-state index is 0.0940. The fraction of sp³-hybridized carbons (Fsp3) is 0.476. The lowest BCUT2D eigenvalue weighted by atomic mass is 10.2. The van der Waals surface area contributed by atoms with E-state index < -0.39 is 0 Å². The number of piperazine rings is 1. The summed E-state index contributed by atoms with van der Waals surface area (Å²) in [5, 5.41) is 10.9. The summed E-state index contributed by atoms with van der Waals surface area (Å²) in [4.78, 5) is 16.8. The SMILES string of the molecule is CC(C)NC(=O)c1cn(CCN2CCN(C/C=C/c3ccccc3)CC2)nn1. The Bertz CT molecular complexity index is 762. The molecule has 2 heterocycles. The first-order valence-electron chi connectivity index (χ1n) is 9.97. The molecule has 0 atom stereocenters. The first kappa shape index (κ1) is 20.2. The van der Waals surface area contributed by atoms with E-state index in [2.05, 4.69) is 61.8 Å². The summed E-state index contributed by atoms with van der Waals surface area (Å²) >= 11 is 0. The van der Waals surface area contributed by atoms with E-state index in [0.29, 0.717) is 5.69 Å². The second-order valence-corrected chi connectivity index (χ2v) is 7.45. The van der Waals surface area contributed by atoms with E-state index in [9.17, 15) is 4.79 Å². The number of hydrogen-bond acceptors (Lipinski definition) is 5. The Labute approximate surface area is 167 Å². The number of carbonyl (C=O) groups excluding carboxylic acids is 1. The van der Waals surface area contributed by atoms with E-state index >= 15 is 0 Å². The Hall–Kier alpha value is -2.51. The van der Waals surface area contributed by atoms with Gasteiger partial charge in [0.15, 0.2) is 5.69 Å². The van der Waals surface area contributed by atoms with Gasteiger partial charge in [0.2, 0.25) is 0 Å². The molecular weight excluding hydrogens is 352 g/mol. The molecule has 1 saturated heterocycles. The Morgan fingerprint density at radius 3 is 2.54 bits per heavy atom. The zero-order chi connectivity index (χ0) is 19.8. The van der Waals surface area contributed by atoms with Crippen LogP contribution in [0.15, 0.2) is 42.6 Å². The average molecular weight is 383 g/mol. The van der Waals surface area contributed by atoms with Crippen LogP contribution in [0.3, 0.4) is 0 Å². The monoisotopic (exact) mass is 382 g/mol. The van der Waals surface area contributed by atoms with Crippen LogP contribution in [0.2, 0.25) is 0 Å². The second-order valence-electron chi connectivity index (χ2n) is 7.45. The molecule has 1 amide bonds. The molecule has 0 radical (unpaired) electrons. The van der Waals surface area contributed by atoms with Gasteiger partial charge in [-0.1, -0.05) is 47.7 Å². The summed E-state index contributed by atoms with van der Waals surface area (Å²) in [6.07, 6.45) is 6.15. The molecule has 1 aliphatic rings. The molecular formula is C21H30N6O. The highest BCUT2D eigenvalue weighted by molar-refractivity contribution is 5.91. The van der Waals surface area contributed by atoms with Crippen LogP contribution in [0.25, 0.3) is 6.08 Å². The fourth-order valence-corrected chi connectivity index (χ4v) is 3.19. The van der Waals surface area contributed by atoms with Gasteiger partial charge in [0.05, 0.1) is 12.7 Å². The summed E-state index contributed by atoms with van der Waals surface area (Å²) in [6.45, 7) is 10.7. The molecule has 3 rings (SSSR count). The van der Waals surface area contributed by atoms with Crippen LogP contribution in [-0.2, 0) is 6.54 Å². The predicted molar refractivity (Wildman–Crippen MR) is 111 cm³/mol. The Kier molecular flexibility index (Phi) is 7.33. The van der Waals surface area contributed by atoms with Gasteiger partial charge < -0.3 is 5.32 Å². The van der Waals surface area contributed by atoms with Crippen LogP contribution >= 0.6 is 0 Å². The number of rotatable bonds is 8. The van der Waals surface area contributed by atoms with Crippen molar-refractivity contribution < 1.29 is 4.79 Å². The van der Waals surface area contributed by atoms with Gasteiger partial charge in [0.1, 0.15) is 0 Å². The van der Waals surface area contributed by atoms with E-state index in [4.69, 9.17) is 0 Å². The smallest absolute Gasteiger partial charge is 0.273 e.